The molecule has 0 aromatic carbocycles. The summed E-state index contributed by atoms with van der Waals surface area (Å²) in [4.78, 5) is 0. The van der Waals surface area contributed by atoms with Crippen molar-refractivity contribution in [2.75, 3.05) is 0 Å². The maximum atomic E-state index is 10.1. The maximum Gasteiger partial charge on any atom is 0.195 e. The van der Waals surface area contributed by atoms with Crippen LogP contribution in [0.5, 0.6) is 0 Å². The predicted molar refractivity (Wildman–Crippen MR) is 119 cm³/mol. The molecule has 0 amide bonds. The van der Waals surface area contributed by atoms with Gasteiger partial charge in [0.25, 0.3) is 0 Å². The van der Waals surface area contributed by atoms with Gasteiger partial charge in [-0.25, -0.2) is 0 Å². The molecule has 1 N–H and O–H groups in total. The lowest BCUT2D eigenvalue weighted by molar-refractivity contribution is -0.0352. The third-order valence-corrected chi connectivity index (χ3v) is 9.99. The van der Waals surface area contributed by atoms with Gasteiger partial charge in [-0.1, -0.05) is 77.5 Å². The van der Waals surface area contributed by atoms with Crippen LogP contribution < -0.4 is 0 Å². The molecule has 0 saturated carbocycles. The molecule has 154 valence electrons. The Labute approximate surface area is 165 Å². The number of aliphatic hydroxyl groups excluding tert-OH is 1. The standard InChI is InChI=1S/C23H46O2Si/c1-7-8-9-10-11-12-13-14-15-16-17-18-19-20-21-22(24)25-26(5,6)23(2,3)4/h7,10-11,22,24H,1,8-9,12-21H2,2-6H3. The normalized spacial score (nSPS) is 14.1. The minimum Gasteiger partial charge on any atom is -0.392 e. The fourth-order valence-corrected chi connectivity index (χ4v) is 3.82. The van der Waals surface area contributed by atoms with Crippen molar-refractivity contribution >= 4 is 8.32 Å². The van der Waals surface area contributed by atoms with E-state index in [1.165, 1.54) is 51.4 Å². The Morgan fingerprint density at radius 1 is 0.846 bits per heavy atom. The van der Waals surface area contributed by atoms with E-state index in [4.69, 9.17) is 4.43 Å². The molecule has 0 spiro atoms. The van der Waals surface area contributed by atoms with E-state index in [-0.39, 0.29) is 5.04 Å². The second-order valence-electron chi connectivity index (χ2n) is 9.08. The van der Waals surface area contributed by atoms with Crippen LogP contribution in [0.3, 0.4) is 0 Å². The second-order valence-corrected chi connectivity index (χ2v) is 13.8. The molecule has 1 atom stereocenters. The highest BCUT2D eigenvalue weighted by Gasteiger charge is 2.38. The molecule has 0 saturated heterocycles. The quantitative estimate of drug-likeness (QED) is 0.128. The molecule has 26 heavy (non-hydrogen) atoms. The Hall–Kier alpha value is -0.383. The average molecular weight is 383 g/mol. The fourth-order valence-electron chi connectivity index (χ4n) is 2.67. The van der Waals surface area contributed by atoms with Crippen molar-refractivity contribution in [2.24, 2.45) is 0 Å². The number of aliphatic hydroxyl groups is 1. The average Bonchev–Trinajstić information content (AvgIpc) is 2.53. The Bertz CT molecular complexity index is 369. The van der Waals surface area contributed by atoms with E-state index < -0.39 is 14.6 Å². The van der Waals surface area contributed by atoms with Crippen LogP contribution in [-0.4, -0.2) is 19.7 Å². The Morgan fingerprint density at radius 3 is 1.88 bits per heavy atom. The van der Waals surface area contributed by atoms with Crippen LogP contribution in [0.15, 0.2) is 24.8 Å². The highest BCUT2D eigenvalue weighted by molar-refractivity contribution is 6.74. The molecule has 3 heteroatoms. The van der Waals surface area contributed by atoms with Gasteiger partial charge in [0.1, 0.15) is 6.29 Å². The van der Waals surface area contributed by atoms with Crippen molar-refractivity contribution in [1.29, 1.82) is 0 Å². The van der Waals surface area contributed by atoms with Gasteiger partial charge in [-0.2, -0.15) is 0 Å². The van der Waals surface area contributed by atoms with Crippen LogP contribution in [0.25, 0.3) is 0 Å². The molecule has 0 aliphatic rings. The third-order valence-electron chi connectivity index (χ3n) is 5.51. The Kier molecular flexibility index (Phi) is 14.4. The molecule has 0 radical (unpaired) electrons. The van der Waals surface area contributed by atoms with Crippen LogP contribution in [0.4, 0.5) is 0 Å². The summed E-state index contributed by atoms with van der Waals surface area (Å²) in [5.74, 6) is 0. The molecule has 0 aromatic rings. The van der Waals surface area contributed by atoms with Crippen molar-refractivity contribution in [3.8, 4) is 0 Å². The van der Waals surface area contributed by atoms with Gasteiger partial charge in [0, 0.05) is 0 Å². The van der Waals surface area contributed by atoms with E-state index >= 15 is 0 Å². The minimum absolute atomic E-state index is 0.162. The van der Waals surface area contributed by atoms with Gasteiger partial charge in [0.15, 0.2) is 8.32 Å². The van der Waals surface area contributed by atoms with Gasteiger partial charge in [0.2, 0.25) is 0 Å². The molecule has 0 heterocycles. The number of hydrogen-bond acceptors (Lipinski definition) is 2. The molecule has 0 aliphatic carbocycles. The minimum atomic E-state index is -1.83. The highest BCUT2D eigenvalue weighted by Crippen LogP contribution is 2.37. The van der Waals surface area contributed by atoms with E-state index in [1.54, 1.807) is 0 Å². The summed E-state index contributed by atoms with van der Waals surface area (Å²) in [5, 5.41) is 10.3. The number of hydrogen-bond donors (Lipinski definition) is 1. The zero-order valence-corrected chi connectivity index (χ0v) is 19.4. The van der Waals surface area contributed by atoms with E-state index in [2.05, 4.69) is 52.6 Å². The van der Waals surface area contributed by atoms with Crippen molar-refractivity contribution < 1.29 is 9.53 Å². The summed E-state index contributed by atoms with van der Waals surface area (Å²) in [6.45, 7) is 14.8. The zero-order chi connectivity index (χ0) is 19.9. The van der Waals surface area contributed by atoms with Crippen LogP contribution in [-0.2, 0) is 4.43 Å². The van der Waals surface area contributed by atoms with E-state index in [9.17, 15) is 5.11 Å². The first kappa shape index (κ1) is 25.6. The Balaban J connectivity index is 3.46. The van der Waals surface area contributed by atoms with E-state index in [0.29, 0.717) is 0 Å². The van der Waals surface area contributed by atoms with E-state index in [0.717, 1.165) is 25.7 Å². The lowest BCUT2D eigenvalue weighted by atomic mass is 10.1. The third kappa shape index (κ3) is 13.8. The van der Waals surface area contributed by atoms with Crippen LogP contribution in [0.2, 0.25) is 18.1 Å². The highest BCUT2D eigenvalue weighted by atomic mass is 28.4. The first-order valence-corrected chi connectivity index (χ1v) is 13.7. The van der Waals surface area contributed by atoms with Gasteiger partial charge in [-0.05, 0) is 56.7 Å². The topological polar surface area (TPSA) is 29.5 Å². The smallest absolute Gasteiger partial charge is 0.195 e. The maximum absolute atomic E-state index is 10.1. The van der Waals surface area contributed by atoms with Gasteiger partial charge in [-0.15, -0.1) is 6.58 Å². The largest absolute Gasteiger partial charge is 0.392 e. The number of unbranched alkanes of at least 4 members (excludes halogenated alkanes) is 9. The number of allylic oxidation sites excluding steroid dienone is 3. The lowest BCUT2D eigenvalue weighted by Gasteiger charge is -2.37. The summed E-state index contributed by atoms with van der Waals surface area (Å²) in [5.41, 5.74) is 0. The molecule has 0 fully saturated rings. The Morgan fingerprint density at radius 2 is 1.35 bits per heavy atom. The molecule has 0 aliphatic heterocycles. The summed E-state index contributed by atoms with van der Waals surface area (Å²) in [7, 11) is -1.83. The van der Waals surface area contributed by atoms with Crippen molar-refractivity contribution in [2.45, 2.75) is 122 Å². The molecule has 0 aromatic heterocycles. The van der Waals surface area contributed by atoms with E-state index in [1.807, 2.05) is 6.08 Å². The first-order chi connectivity index (χ1) is 12.2. The summed E-state index contributed by atoms with van der Waals surface area (Å²) < 4.78 is 6.00. The fraction of sp³-hybridized carbons (Fsp3) is 0.826. The van der Waals surface area contributed by atoms with Crippen LogP contribution in [0, 0.1) is 0 Å². The van der Waals surface area contributed by atoms with Crippen LogP contribution in [0.1, 0.15) is 97.8 Å². The van der Waals surface area contributed by atoms with Crippen molar-refractivity contribution in [3.63, 3.8) is 0 Å². The molecular formula is C23H46O2Si. The molecule has 2 nitrogen and oxygen atoms in total. The molecule has 0 rings (SSSR count). The molecule has 0 bridgehead atoms. The lowest BCUT2D eigenvalue weighted by Crippen LogP contribution is -2.43. The molecular weight excluding hydrogens is 336 g/mol. The first-order valence-electron chi connectivity index (χ1n) is 10.8. The monoisotopic (exact) mass is 382 g/mol. The van der Waals surface area contributed by atoms with Gasteiger partial charge < -0.3 is 9.53 Å². The SMILES string of the molecule is C=CCCC=CCCCCCCCCCCC(O)O[Si](C)(C)C(C)(C)C. The molecule has 1 unspecified atom stereocenters. The van der Waals surface area contributed by atoms with Gasteiger partial charge in [0.05, 0.1) is 0 Å². The number of rotatable bonds is 16. The summed E-state index contributed by atoms with van der Waals surface area (Å²) in [6.07, 6.45) is 20.5. The van der Waals surface area contributed by atoms with Gasteiger partial charge in [-0.3, -0.25) is 0 Å². The summed E-state index contributed by atoms with van der Waals surface area (Å²) in [6, 6.07) is 0. The summed E-state index contributed by atoms with van der Waals surface area (Å²) >= 11 is 0. The zero-order valence-electron chi connectivity index (χ0n) is 18.4. The van der Waals surface area contributed by atoms with Crippen molar-refractivity contribution in [1.82, 2.24) is 0 Å². The second kappa shape index (κ2) is 14.6. The van der Waals surface area contributed by atoms with Crippen molar-refractivity contribution in [3.05, 3.63) is 24.8 Å². The predicted octanol–water partition coefficient (Wildman–Crippen LogP) is 7.75. The van der Waals surface area contributed by atoms with Gasteiger partial charge >= 0.3 is 0 Å². The van der Waals surface area contributed by atoms with Crippen LogP contribution >= 0.6 is 0 Å².